The van der Waals surface area contributed by atoms with Crippen LogP contribution >= 0.6 is 35.0 Å². The zero-order chi connectivity index (χ0) is 26.8. The SMILES string of the molecule is Cc1ccccc1CN(C(=O)CSCc1c(Cl)cccc1Cl)[C@H](Cc1ccccc1)C(=O)NCC(C)C. The van der Waals surface area contributed by atoms with Gasteiger partial charge in [-0.15, -0.1) is 11.8 Å². The molecule has 0 heterocycles. The van der Waals surface area contributed by atoms with Gasteiger partial charge < -0.3 is 10.2 Å². The molecule has 0 spiro atoms. The van der Waals surface area contributed by atoms with Crippen molar-refractivity contribution in [2.75, 3.05) is 12.3 Å². The number of thioether (sulfide) groups is 1. The van der Waals surface area contributed by atoms with Gasteiger partial charge in [0.25, 0.3) is 0 Å². The number of hydrogen-bond donors (Lipinski definition) is 1. The minimum atomic E-state index is -0.641. The molecule has 0 aliphatic rings. The van der Waals surface area contributed by atoms with Crippen LogP contribution in [0, 0.1) is 12.8 Å². The lowest BCUT2D eigenvalue weighted by atomic mass is 10.0. The first-order valence-electron chi connectivity index (χ1n) is 12.4. The van der Waals surface area contributed by atoms with E-state index in [2.05, 4.69) is 19.2 Å². The van der Waals surface area contributed by atoms with Crippen LogP contribution in [-0.4, -0.2) is 35.1 Å². The van der Waals surface area contributed by atoms with Crippen LogP contribution in [0.5, 0.6) is 0 Å². The molecule has 3 aromatic carbocycles. The largest absolute Gasteiger partial charge is 0.354 e. The van der Waals surface area contributed by atoms with E-state index in [1.54, 1.807) is 23.1 Å². The van der Waals surface area contributed by atoms with Crippen molar-refractivity contribution in [1.82, 2.24) is 10.2 Å². The average molecular weight is 558 g/mol. The minimum Gasteiger partial charge on any atom is -0.354 e. The molecule has 0 saturated heterocycles. The van der Waals surface area contributed by atoms with Gasteiger partial charge in [-0.2, -0.15) is 0 Å². The maximum atomic E-state index is 13.8. The standard InChI is InChI=1S/C30H34Cl2N2O2S/c1-21(2)17-33-30(36)28(16-23-11-5-4-6-12-23)34(18-24-13-8-7-10-22(24)3)29(35)20-37-19-25-26(31)14-9-15-27(25)32/h4-15,21,28H,16-20H2,1-3H3,(H,33,36)/t28-/m1/s1. The summed E-state index contributed by atoms with van der Waals surface area (Å²) in [7, 11) is 0. The summed E-state index contributed by atoms with van der Waals surface area (Å²) in [6.45, 7) is 7.04. The molecule has 0 bridgehead atoms. The Morgan fingerprint density at radius 3 is 2.22 bits per heavy atom. The van der Waals surface area contributed by atoms with Gasteiger partial charge in [0.05, 0.1) is 5.75 Å². The Labute approximate surface area is 234 Å². The molecular weight excluding hydrogens is 523 g/mol. The molecule has 1 atom stereocenters. The molecule has 2 amide bonds. The molecule has 0 unspecified atom stereocenters. The molecule has 0 aromatic heterocycles. The van der Waals surface area contributed by atoms with Gasteiger partial charge in [0.2, 0.25) is 11.8 Å². The maximum Gasteiger partial charge on any atom is 0.243 e. The molecular formula is C30H34Cl2N2O2S. The van der Waals surface area contributed by atoms with Crippen molar-refractivity contribution in [2.24, 2.45) is 5.92 Å². The van der Waals surface area contributed by atoms with Gasteiger partial charge in [0.15, 0.2) is 0 Å². The van der Waals surface area contributed by atoms with Crippen LogP contribution in [0.2, 0.25) is 10.0 Å². The quantitative estimate of drug-likeness (QED) is 0.262. The Morgan fingerprint density at radius 1 is 0.919 bits per heavy atom. The van der Waals surface area contributed by atoms with Gasteiger partial charge in [-0.05, 0) is 47.2 Å². The molecule has 3 rings (SSSR count). The average Bonchev–Trinajstić information content (AvgIpc) is 2.88. The first kappa shape index (κ1) is 29.1. The molecule has 0 aliphatic heterocycles. The van der Waals surface area contributed by atoms with Gasteiger partial charge in [-0.1, -0.05) is 97.7 Å². The third-order valence-corrected chi connectivity index (χ3v) is 7.74. The number of carbonyl (C=O) groups is 2. The number of aryl methyl sites for hydroxylation is 1. The predicted molar refractivity (Wildman–Crippen MR) is 156 cm³/mol. The van der Waals surface area contributed by atoms with Crippen LogP contribution in [0.15, 0.2) is 72.8 Å². The number of nitrogens with zero attached hydrogens (tertiary/aromatic N) is 1. The zero-order valence-corrected chi connectivity index (χ0v) is 23.9. The normalized spacial score (nSPS) is 11.8. The van der Waals surface area contributed by atoms with E-state index >= 15 is 0 Å². The van der Waals surface area contributed by atoms with E-state index in [0.717, 1.165) is 22.3 Å². The lowest BCUT2D eigenvalue weighted by Crippen LogP contribution is -2.51. The van der Waals surface area contributed by atoms with Gasteiger partial charge in [-0.3, -0.25) is 9.59 Å². The van der Waals surface area contributed by atoms with Crippen LogP contribution in [-0.2, 0) is 28.3 Å². The first-order valence-corrected chi connectivity index (χ1v) is 14.3. The van der Waals surface area contributed by atoms with E-state index in [1.165, 1.54) is 11.8 Å². The second-order valence-electron chi connectivity index (χ2n) is 9.49. The Hall–Kier alpha value is -2.47. The molecule has 0 fully saturated rings. The Morgan fingerprint density at radius 2 is 1.57 bits per heavy atom. The van der Waals surface area contributed by atoms with E-state index in [1.807, 2.05) is 61.5 Å². The van der Waals surface area contributed by atoms with Crippen LogP contribution in [0.3, 0.4) is 0 Å². The highest BCUT2D eigenvalue weighted by atomic mass is 35.5. The van der Waals surface area contributed by atoms with Crippen LogP contribution < -0.4 is 5.32 Å². The van der Waals surface area contributed by atoms with E-state index in [9.17, 15) is 9.59 Å². The fourth-order valence-corrected chi connectivity index (χ4v) is 5.59. The molecule has 1 N–H and O–H groups in total. The van der Waals surface area contributed by atoms with E-state index in [4.69, 9.17) is 23.2 Å². The van der Waals surface area contributed by atoms with E-state index in [0.29, 0.717) is 41.2 Å². The van der Waals surface area contributed by atoms with Gasteiger partial charge >= 0.3 is 0 Å². The molecule has 0 saturated carbocycles. The fraction of sp³-hybridized carbons (Fsp3) is 0.333. The highest BCUT2D eigenvalue weighted by Gasteiger charge is 2.30. The van der Waals surface area contributed by atoms with Crippen molar-refractivity contribution in [3.8, 4) is 0 Å². The molecule has 0 aliphatic carbocycles. The fourth-order valence-electron chi connectivity index (χ4n) is 3.94. The number of benzene rings is 3. The summed E-state index contributed by atoms with van der Waals surface area (Å²) in [5.74, 6) is 0.773. The predicted octanol–water partition coefficient (Wildman–Crippen LogP) is 6.95. The highest BCUT2D eigenvalue weighted by Crippen LogP contribution is 2.28. The maximum absolute atomic E-state index is 13.8. The monoisotopic (exact) mass is 556 g/mol. The molecule has 7 heteroatoms. The van der Waals surface area contributed by atoms with E-state index in [-0.39, 0.29) is 17.6 Å². The topological polar surface area (TPSA) is 49.4 Å². The van der Waals surface area contributed by atoms with Crippen molar-refractivity contribution < 1.29 is 9.59 Å². The lowest BCUT2D eigenvalue weighted by Gasteiger charge is -2.32. The zero-order valence-electron chi connectivity index (χ0n) is 21.5. The first-order chi connectivity index (χ1) is 17.8. The number of carbonyl (C=O) groups excluding carboxylic acids is 2. The van der Waals surface area contributed by atoms with Crippen molar-refractivity contribution in [3.63, 3.8) is 0 Å². The summed E-state index contributed by atoms with van der Waals surface area (Å²) in [6.07, 6.45) is 0.434. The number of amides is 2. The second kappa shape index (κ2) is 14.5. The Kier molecular flexibility index (Phi) is 11.4. The van der Waals surface area contributed by atoms with Gasteiger partial charge in [0, 0.05) is 35.3 Å². The minimum absolute atomic E-state index is 0.0999. The van der Waals surface area contributed by atoms with Crippen molar-refractivity contribution in [1.29, 1.82) is 0 Å². The molecule has 37 heavy (non-hydrogen) atoms. The third kappa shape index (κ3) is 8.80. The molecule has 4 nitrogen and oxygen atoms in total. The van der Waals surface area contributed by atoms with Crippen molar-refractivity contribution in [3.05, 3.63) is 105 Å². The summed E-state index contributed by atoms with van der Waals surface area (Å²) in [4.78, 5) is 29.0. The summed E-state index contributed by atoms with van der Waals surface area (Å²) in [5.41, 5.74) is 3.91. The van der Waals surface area contributed by atoms with Crippen LogP contribution in [0.25, 0.3) is 0 Å². The van der Waals surface area contributed by atoms with Gasteiger partial charge in [0.1, 0.15) is 6.04 Å². The van der Waals surface area contributed by atoms with E-state index < -0.39 is 6.04 Å². The summed E-state index contributed by atoms with van der Waals surface area (Å²) < 4.78 is 0. The van der Waals surface area contributed by atoms with Gasteiger partial charge in [-0.25, -0.2) is 0 Å². The number of halogens is 2. The van der Waals surface area contributed by atoms with Crippen LogP contribution in [0.4, 0.5) is 0 Å². The van der Waals surface area contributed by atoms with Crippen molar-refractivity contribution >= 4 is 46.8 Å². The number of rotatable bonds is 12. The lowest BCUT2D eigenvalue weighted by molar-refractivity contribution is -0.139. The highest BCUT2D eigenvalue weighted by molar-refractivity contribution is 7.99. The third-order valence-electron chi connectivity index (χ3n) is 6.09. The van der Waals surface area contributed by atoms with Crippen molar-refractivity contribution in [2.45, 2.75) is 45.5 Å². The Balaban J connectivity index is 1.87. The summed E-state index contributed by atoms with van der Waals surface area (Å²) in [6, 6.07) is 22.6. The summed E-state index contributed by atoms with van der Waals surface area (Å²) >= 11 is 14.1. The number of hydrogen-bond acceptors (Lipinski definition) is 3. The molecule has 3 aromatic rings. The number of nitrogens with one attached hydrogen (secondary N) is 1. The molecule has 0 radical (unpaired) electrons. The summed E-state index contributed by atoms with van der Waals surface area (Å²) in [5, 5.41) is 4.23. The Bertz CT molecular complexity index is 1170. The second-order valence-corrected chi connectivity index (χ2v) is 11.3. The van der Waals surface area contributed by atoms with Crippen LogP contribution in [0.1, 0.15) is 36.1 Å². The smallest absolute Gasteiger partial charge is 0.243 e. The molecule has 196 valence electrons.